The minimum Gasteiger partial charge on any atom is -0.330 e. The van der Waals surface area contributed by atoms with E-state index in [1.807, 2.05) is 0 Å². The van der Waals surface area contributed by atoms with E-state index in [4.69, 9.17) is 5.73 Å². The molecule has 2 heteroatoms. The van der Waals surface area contributed by atoms with Crippen molar-refractivity contribution in [2.24, 2.45) is 11.1 Å². The molecule has 0 heterocycles. The van der Waals surface area contributed by atoms with E-state index in [0.717, 1.165) is 13.0 Å². The van der Waals surface area contributed by atoms with Gasteiger partial charge in [0.25, 0.3) is 0 Å². The van der Waals surface area contributed by atoms with Gasteiger partial charge in [0.1, 0.15) is 0 Å². The molecular weight excluding hydrogens is 238 g/mol. The molecule has 0 bridgehead atoms. The summed E-state index contributed by atoms with van der Waals surface area (Å²) >= 11 is 3.50. The van der Waals surface area contributed by atoms with E-state index in [2.05, 4.69) is 54.9 Å². The predicted molar refractivity (Wildman–Crippen MR) is 65.4 cm³/mol. The average Bonchev–Trinajstić information content (AvgIpc) is 2.11. The van der Waals surface area contributed by atoms with Gasteiger partial charge in [0.05, 0.1) is 0 Å². The van der Waals surface area contributed by atoms with Gasteiger partial charge in [-0.25, -0.2) is 0 Å². The molecule has 0 radical (unpaired) electrons. The summed E-state index contributed by atoms with van der Waals surface area (Å²) in [4.78, 5) is 0. The Morgan fingerprint density at radius 3 is 2.50 bits per heavy atom. The van der Waals surface area contributed by atoms with Crippen LogP contribution in [0, 0.1) is 12.3 Å². The second-order valence-electron chi connectivity index (χ2n) is 4.63. The van der Waals surface area contributed by atoms with Gasteiger partial charge in [-0.15, -0.1) is 0 Å². The standard InChI is InChI=1S/C12H18BrN/c1-9-6-10(4-5-11(9)13)7-12(2,3)8-14/h4-6H,7-8,14H2,1-3H3. The first-order valence-electron chi connectivity index (χ1n) is 4.90. The first-order valence-corrected chi connectivity index (χ1v) is 5.69. The Morgan fingerprint density at radius 1 is 1.36 bits per heavy atom. The van der Waals surface area contributed by atoms with Crippen LogP contribution in [-0.2, 0) is 6.42 Å². The Labute approximate surface area is 94.8 Å². The lowest BCUT2D eigenvalue weighted by molar-refractivity contribution is 0.376. The Bertz CT molecular complexity index is 318. The summed E-state index contributed by atoms with van der Waals surface area (Å²) < 4.78 is 1.17. The van der Waals surface area contributed by atoms with E-state index < -0.39 is 0 Å². The zero-order valence-electron chi connectivity index (χ0n) is 9.10. The minimum absolute atomic E-state index is 0.195. The number of nitrogens with two attached hydrogens (primary N) is 1. The normalized spacial score (nSPS) is 11.8. The number of hydrogen-bond acceptors (Lipinski definition) is 1. The number of benzene rings is 1. The van der Waals surface area contributed by atoms with Gasteiger partial charge in [-0.1, -0.05) is 41.9 Å². The highest BCUT2D eigenvalue weighted by molar-refractivity contribution is 9.10. The molecule has 1 aromatic carbocycles. The SMILES string of the molecule is Cc1cc(CC(C)(C)CN)ccc1Br. The molecule has 1 aromatic rings. The largest absolute Gasteiger partial charge is 0.330 e. The predicted octanol–water partition coefficient (Wildman–Crippen LogP) is 3.28. The summed E-state index contributed by atoms with van der Waals surface area (Å²) in [6.45, 7) is 7.24. The van der Waals surface area contributed by atoms with Crippen molar-refractivity contribution in [1.29, 1.82) is 0 Å². The maximum atomic E-state index is 5.71. The fourth-order valence-corrected chi connectivity index (χ4v) is 1.69. The fraction of sp³-hybridized carbons (Fsp3) is 0.500. The third-order valence-corrected chi connectivity index (χ3v) is 3.35. The van der Waals surface area contributed by atoms with Crippen LogP contribution in [-0.4, -0.2) is 6.54 Å². The summed E-state index contributed by atoms with van der Waals surface area (Å²) in [5, 5.41) is 0. The number of rotatable bonds is 3. The molecule has 0 aliphatic carbocycles. The molecule has 14 heavy (non-hydrogen) atoms. The quantitative estimate of drug-likeness (QED) is 0.882. The first-order chi connectivity index (χ1) is 6.44. The van der Waals surface area contributed by atoms with E-state index in [1.165, 1.54) is 15.6 Å². The maximum absolute atomic E-state index is 5.71. The van der Waals surface area contributed by atoms with Crippen LogP contribution in [0.2, 0.25) is 0 Å². The molecule has 0 aliphatic rings. The summed E-state index contributed by atoms with van der Waals surface area (Å²) in [7, 11) is 0. The van der Waals surface area contributed by atoms with Crippen molar-refractivity contribution in [1.82, 2.24) is 0 Å². The van der Waals surface area contributed by atoms with Crippen molar-refractivity contribution in [3.8, 4) is 0 Å². The van der Waals surface area contributed by atoms with Crippen LogP contribution in [0.15, 0.2) is 22.7 Å². The molecule has 1 nitrogen and oxygen atoms in total. The summed E-state index contributed by atoms with van der Waals surface area (Å²) in [6.07, 6.45) is 1.04. The zero-order chi connectivity index (χ0) is 10.8. The van der Waals surface area contributed by atoms with Gasteiger partial charge in [0.2, 0.25) is 0 Å². The number of halogens is 1. The van der Waals surface area contributed by atoms with Gasteiger partial charge in [-0.05, 0) is 42.5 Å². The van der Waals surface area contributed by atoms with Crippen LogP contribution in [0.5, 0.6) is 0 Å². The number of aryl methyl sites for hydroxylation is 1. The molecule has 0 fully saturated rings. The van der Waals surface area contributed by atoms with E-state index in [9.17, 15) is 0 Å². The van der Waals surface area contributed by atoms with E-state index in [1.54, 1.807) is 0 Å². The van der Waals surface area contributed by atoms with E-state index >= 15 is 0 Å². The van der Waals surface area contributed by atoms with Gasteiger partial charge >= 0.3 is 0 Å². The van der Waals surface area contributed by atoms with Crippen molar-refractivity contribution in [3.05, 3.63) is 33.8 Å². The second-order valence-corrected chi connectivity index (χ2v) is 5.48. The lowest BCUT2D eigenvalue weighted by Crippen LogP contribution is -2.25. The molecule has 0 amide bonds. The fourth-order valence-electron chi connectivity index (χ4n) is 1.44. The van der Waals surface area contributed by atoms with Crippen LogP contribution in [0.4, 0.5) is 0 Å². The highest BCUT2D eigenvalue weighted by Crippen LogP contribution is 2.23. The summed E-state index contributed by atoms with van der Waals surface area (Å²) in [5.41, 5.74) is 8.56. The van der Waals surface area contributed by atoms with Crippen molar-refractivity contribution >= 4 is 15.9 Å². The smallest absolute Gasteiger partial charge is 0.0204 e. The summed E-state index contributed by atoms with van der Waals surface area (Å²) in [6, 6.07) is 6.49. The lowest BCUT2D eigenvalue weighted by Gasteiger charge is -2.22. The molecule has 2 N–H and O–H groups in total. The highest BCUT2D eigenvalue weighted by atomic mass is 79.9. The molecule has 0 spiro atoms. The van der Waals surface area contributed by atoms with E-state index in [-0.39, 0.29) is 5.41 Å². The first kappa shape index (κ1) is 11.7. The molecule has 78 valence electrons. The monoisotopic (exact) mass is 255 g/mol. The third kappa shape index (κ3) is 3.10. The topological polar surface area (TPSA) is 26.0 Å². The second kappa shape index (κ2) is 4.45. The molecular formula is C12H18BrN. The molecule has 0 saturated carbocycles. The van der Waals surface area contributed by atoms with Crippen molar-refractivity contribution < 1.29 is 0 Å². The van der Waals surface area contributed by atoms with Crippen molar-refractivity contribution in [2.45, 2.75) is 27.2 Å². The highest BCUT2D eigenvalue weighted by Gasteiger charge is 2.16. The Balaban J connectivity index is 2.83. The van der Waals surface area contributed by atoms with Gasteiger partial charge in [-0.2, -0.15) is 0 Å². The van der Waals surface area contributed by atoms with Crippen LogP contribution >= 0.6 is 15.9 Å². The Hall–Kier alpha value is -0.340. The van der Waals surface area contributed by atoms with Crippen molar-refractivity contribution in [3.63, 3.8) is 0 Å². The van der Waals surface area contributed by atoms with Gasteiger partial charge in [-0.3, -0.25) is 0 Å². The Kier molecular flexibility index (Phi) is 3.73. The van der Waals surface area contributed by atoms with Crippen LogP contribution in [0.25, 0.3) is 0 Å². The maximum Gasteiger partial charge on any atom is 0.0204 e. The van der Waals surface area contributed by atoms with Crippen molar-refractivity contribution in [2.75, 3.05) is 6.54 Å². The molecule has 0 unspecified atom stereocenters. The molecule has 0 aromatic heterocycles. The molecule has 0 atom stereocenters. The molecule has 0 saturated heterocycles. The van der Waals surface area contributed by atoms with Gasteiger partial charge in [0.15, 0.2) is 0 Å². The van der Waals surface area contributed by atoms with Gasteiger partial charge in [0, 0.05) is 4.47 Å². The van der Waals surface area contributed by atoms with Crippen LogP contribution < -0.4 is 5.73 Å². The van der Waals surface area contributed by atoms with Crippen LogP contribution in [0.3, 0.4) is 0 Å². The number of hydrogen-bond donors (Lipinski definition) is 1. The summed E-state index contributed by atoms with van der Waals surface area (Å²) in [5.74, 6) is 0. The molecule has 0 aliphatic heterocycles. The molecule has 1 rings (SSSR count). The zero-order valence-corrected chi connectivity index (χ0v) is 10.7. The third-order valence-electron chi connectivity index (χ3n) is 2.46. The minimum atomic E-state index is 0.195. The lowest BCUT2D eigenvalue weighted by atomic mass is 9.86. The van der Waals surface area contributed by atoms with E-state index in [0.29, 0.717) is 0 Å². The van der Waals surface area contributed by atoms with Gasteiger partial charge < -0.3 is 5.73 Å². The Morgan fingerprint density at radius 2 is 2.00 bits per heavy atom. The average molecular weight is 256 g/mol. The van der Waals surface area contributed by atoms with Crippen LogP contribution in [0.1, 0.15) is 25.0 Å².